The Morgan fingerprint density at radius 1 is 1.27 bits per heavy atom. The second-order valence-corrected chi connectivity index (χ2v) is 4.97. The van der Waals surface area contributed by atoms with E-state index >= 15 is 0 Å². The van der Waals surface area contributed by atoms with Gasteiger partial charge in [0.25, 0.3) is 0 Å². The minimum absolute atomic E-state index is 0. The highest BCUT2D eigenvalue weighted by Gasteiger charge is 2.23. The maximum absolute atomic E-state index is 13.4. The lowest BCUT2D eigenvalue weighted by Gasteiger charge is -2.36. The molecule has 1 saturated heterocycles. The van der Waals surface area contributed by atoms with Gasteiger partial charge in [-0.2, -0.15) is 5.10 Å². The van der Waals surface area contributed by atoms with E-state index < -0.39 is 0 Å². The van der Waals surface area contributed by atoms with Gasteiger partial charge >= 0.3 is 0 Å². The van der Waals surface area contributed by atoms with E-state index in [1.807, 2.05) is 10.7 Å². The molecule has 0 amide bonds. The zero-order valence-corrected chi connectivity index (χ0v) is 13.7. The molecule has 22 heavy (non-hydrogen) atoms. The zero-order valence-electron chi connectivity index (χ0n) is 12.1. The molecule has 1 unspecified atom stereocenters. The summed E-state index contributed by atoms with van der Waals surface area (Å²) in [6.07, 6.45) is 3.27. The van der Waals surface area contributed by atoms with E-state index in [-0.39, 0.29) is 36.7 Å². The van der Waals surface area contributed by atoms with Crippen molar-refractivity contribution in [3.63, 3.8) is 0 Å². The van der Waals surface area contributed by atoms with Crippen LogP contribution >= 0.6 is 24.8 Å². The van der Waals surface area contributed by atoms with Crippen molar-refractivity contribution >= 4 is 24.8 Å². The summed E-state index contributed by atoms with van der Waals surface area (Å²) < 4.78 is 15.2. The number of benzene rings is 1. The van der Waals surface area contributed by atoms with Gasteiger partial charge in [0.05, 0.1) is 6.54 Å². The second-order valence-electron chi connectivity index (χ2n) is 4.97. The first-order valence-corrected chi connectivity index (χ1v) is 6.85. The number of nitrogens with zero attached hydrogens (tertiary/aromatic N) is 4. The van der Waals surface area contributed by atoms with Gasteiger partial charge in [0.15, 0.2) is 0 Å². The van der Waals surface area contributed by atoms with Crippen molar-refractivity contribution in [2.24, 2.45) is 0 Å². The minimum Gasteiger partial charge on any atom is -0.314 e. The fraction of sp³-hybridized carbons (Fsp3) is 0.429. The standard InChI is InChI=1S/C14H18FN5.2ClH/c15-13-3-1-2-12(8-13)14-9-16-4-5-19(14)6-7-20-11-17-10-18-20;;/h1-3,8,10-11,14,16H,4-7,9H2;2*1H. The van der Waals surface area contributed by atoms with Crippen molar-refractivity contribution in [3.05, 3.63) is 48.3 Å². The van der Waals surface area contributed by atoms with E-state index in [4.69, 9.17) is 0 Å². The van der Waals surface area contributed by atoms with E-state index in [0.29, 0.717) is 0 Å². The van der Waals surface area contributed by atoms with Crippen LogP contribution in [0.5, 0.6) is 0 Å². The predicted octanol–water partition coefficient (Wildman–Crippen LogP) is 1.91. The van der Waals surface area contributed by atoms with Crippen molar-refractivity contribution in [3.8, 4) is 0 Å². The predicted molar refractivity (Wildman–Crippen MR) is 88.1 cm³/mol. The zero-order chi connectivity index (χ0) is 13.8. The molecule has 2 heterocycles. The van der Waals surface area contributed by atoms with Gasteiger partial charge < -0.3 is 5.32 Å². The van der Waals surface area contributed by atoms with Crippen LogP contribution in [0.2, 0.25) is 0 Å². The molecule has 2 aromatic rings. The number of nitrogens with one attached hydrogen (secondary N) is 1. The monoisotopic (exact) mass is 347 g/mol. The number of hydrogen-bond acceptors (Lipinski definition) is 4. The van der Waals surface area contributed by atoms with Crippen molar-refractivity contribution in [1.29, 1.82) is 0 Å². The summed E-state index contributed by atoms with van der Waals surface area (Å²) in [7, 11) is 0. The van der Waals surface area contributed by atoms with Gasteiger partial charge in [0.1, 0.15) is 18.5 Å². The number of hydrogen-bond donors (Lipinski definition) is 1. The molecule has 1 aliphatic heterocycles. The van der Waals surface area contributed by atoms with E-state index in [1.165, 1.54) is 6.07 Å². The maximum atomic E-state index is 13.4. The summed E-state index contributed by atoms with van der Waals surface area (Å²) in [5, 5.41) is 7.49. The number of rotatable bonds is 4. The van der Waals surface area contributed by atoms with Crippen molar-refractivity contribution in [1.82, 2.24) is 25.0 Å². The van der Waals surface area contributed by atoms with Crippen LogP contribution in [-0.2, 0) is 6.54 Å². The molecule has 1 N–H and O–H groups in total. The van der Waals surface area contributed by atoms with Gasteiger partial charge in [-0.05, 0) is 17.7 Å². The lowest BCUT2D eigenvalue weighted by atomic mass is 10.0. The SMILES string of the molecule is Cl.Cl.Fc1cccc(C2CNCCN2CCn2cncn2)c1. The van der Waals surface area contributed by atoms with E-state index in [1.54, 1.807) is 24.8 Å². The summed E-state index contributed by atoms with van der Waals surface area (Å²) in [6.45, 7) is 4.44. The molecule has 3 rings (SSSR count). The maximum Gasteiger partial charge on any atom is 0.137 e. The summed E-state index contributed by atoms with van der Waals surface area (Å²) in [4.78, 5) is 6.31. The smallest absolute Gasteiger partial charge is 0.137 e. The summed E-state index contributed by atoms with van der Waals surface area (Å²) in [6, 6.07) is 7.08. The largest absolute Gasteiger partial charge is 0.314 e. The average Bonchev–Trinajstić information content (AvgIpc) is 2.99. The van der Waals surface area contributed by atoms with Gasteiger partial charge in [0, 0.05) is 32.2 Å². The first-order valence-electron chi connectivity index (χ1n) is 6.85. The van der Waals surface area contributed by atoms with Crippen LogP contribution in [0.4, 0.5) is 4.39 Å². The Kier molecular flexibility index (Phi) is 7.75. The highest BCUT2D eigenvalue weighted by atomic mass is 35.5. The molecule has 0 saturated carbocycles. The van der Waals surface area contributed by atoms with Crippen molar-refractivity contribution in [2.75, 3.05) is 26.2 Å². The Bertz CT molecular complexity index is 552. The molecule has 0 aliphatic carbocycles. The van der Waals surface area contributed by atoms with Crippen LogP contribution in [0.1, 0.15) is 11.6 Å². The fourth-order valence-electron chi connectivity index (χ4n) is 2.64. The molecule has 1 aromatic carbocycles. The Morgan fingerprint density at radius 2 is 2.14 bits per heavy atom. The number of piperazine rings is 1. The summed E-state index contributed by atoms with van der Waals surface area (Å²) >= 11 is 0. The molecular weight excluding hydrogens is 328 g/mol. The average molecular weight is 348 g/mol. The first kappa shape index (κ1) is 18.8. The Labute approximate surface area is 141 Å². The van der Waals surface area contributed by atoms with Gasteiger partial charge in [-0.25, -0.2) is 9.37 Å². The van der Waals surface area contributed by atoms with E-state index in [0.717, 1.165) is 38.3 Å². The molecule has 1 aliphatic rings. The van der Waals surface area contributed by atoms with Crippen LogP contribution in [-0.4, -0.2) is 45.8 Å². The van der Waals surface area contributed by atoms with Crippen LogP contribution in [0.3, 0.4) is 0 Å². The van der Waals surface area contributed by atoms with Crippen molar-refractivity contribution < 1.29 is 4.39 Å². The van der Waals surface area contributed by atoms with Gasteiger partial charge in [-0.3, -0.25) is 9.58 Å². The minimum atomic E-state index is -0.177. The lowest BCUT2D eigenvalue weighted by Crippen LogP contribution is -2.47. The third-order valence-electron chi connectivity index (χ3n) is 3.67. The van der Waals surface area contributed by atoms with Crippen LogP contribution in [0.15, 0.2) is 36.9 Å². The lowest BCUT2D eigenvalue weighted by molar-refractivity contribution is 0.154. The molecule has 1 aromatic heterocycles. The van der Waals surface area contributed by atoms with E-state index in [9.17, 15) is 4.39 Å². The summed E-state index contributed by atoms with van der Waals surface area (Å²) in [5.41, 5.74) is 1.02. The normalized spacial score (nSPS) is 18.3. The topological polar surface area (TPSA) is 46.0 Å². The second kappa shape index (κ2) is 9.05. The Hall–Kier alpha value is -1.21. The first-order chi connectivity index (χ1) is 9.83. The van der Waals surface area contributed by atoms with Crippen LogP contribution in [0.25, 0.3) is 0 Å². The molecule has 8 heteroatoms. The van der Waals surface area contributed by atoms with Gasteiger partial charge in [-0.1, -0.05) is 12.1 Å². The fourth-order valence-corrected chi connectivity index (χ4v) is 2.64. The molecule has 1 atom stereocenters. The highest BCUT2D eigenvalue weighted by Crippen LogP contribution is 2.22. The molecule has 122 valence electrons. The van der Waals surface area contributed by atoms with Crippen molar-refractivity contribution in [2.45, 2.75) is 12.6 Å². The van der Waals surface area contributed by atoms with Gasteiger partial charge in [0.2, 0.25) is 0 Å². The Morgan fingerprint density at radius 3 is 2.86 bits per heavy atom. The third kappa shape index (κ3) is 4.64. The molecule has 1 fully saturated rings. The van der Waals surface area contributed by atoms with E-state index in [2.05, 4.69) is 20.3 Å². The number of halogens is 3. The molecule has 0 bridgehead atoms. The Balaban J connectivity index is 0.00000121. The summed E-state index contributed by atoms with van der Waals surface area (Å²) in [5.74, 6) is -0.177. The quantitative estimate of drug-likeness (QED) is 0.917. The highest BCUT2D eigenvalue weighted by molar-refractivity contribution is 5.85. The van der Waals surface area contributed by atoms with Crippen LogP contribution < -0.4 is 5.32 Å². The molecule has 0 radical (unpaired) electrons. The number of aromatic nitrogens is 3. The molecule has 0 spiro atoms. The molecular formula is C14H20Cl2FN5. The van der Waals surface area contributed by atoms with Crippen LogP contribution in [0, 0.1) is 5.82 Å². The molecule has 5 nitrogen and oxygen atoms in total. The third-order valence-corrected chi connectivity index (χ3v) is 3.67. The van der Waals surface area contributed by atoms with Gasteiger partial charge in [-0.15, -0.1) is 24.8 Å².